The molecule has 0 saturated carbocycles. The van der Waals surface area contributed by atoms with Gasteiger partial charge in [0.1, 0.15) is 6.26 Å². The molecule has 0 aliphatic carbocycles. The Morgan fingerprint density at radius 1 is 1.07 bits per heavy atom. The lowest BCUT2D eigenvalue weighted by atomic mass is 10.7. The van der Waals surface area contributed by atoms with Crippen LogP contribution in [0.1, 0.15) is 0 Å². The molecule has 78 valence electrons. The molecule has 0 atom stereocenters. The highest BCUT2D eigenvalue weighted by atomic mass is 32.1. The first-order chi connectivity index (χ1) is 7.50. The van der Waals surface area contributed by atoms with Gasteiger partial charge in [-0.15, -0.1) is 0 Å². The highest BCUT2D eigenvalue weighted by Crippen LogP contribution is 1.83. The van der Waals surface area contributed by atoms with Crippen LogP contribution in [0.2, 0.25) is 0 Å². The van der Waals surface area contributed by atoms with E-state index in [1.54, 1.807) is 12.4 Å². The van der Waals surface area contributed by atoms with Crippen LogP contribution in [0.3, 0.4) is 0 Å². The van der Waals surface area contributed by atoms with E-state index < -0.39 is 0 Å². The number of hydrogen-bond acceptors (Lipinski definition) is 4. The van der Waals surface area contributed by atoms with Crippen molar-refractivity contribution in [1.82, 2.24) is 14.3 Å². The maximum absolute atomic E-state index is 4.47. The van der Waals surface area contributed by atoms with Gasteiger partial charge in [-0.3, -0.25) is 0 Å². The van der Waals surface area contributed by atoms with Crippen LogP contribution >= 0.6 is 11.5 Å². The van der Waals surface area contributed by atoms with Crippen LogP contribution in [-0.4, -0.2) is 14.3 Å². The van der Waals surface area contributed by atoms with E-state index in [0.717, 1.165) is 0 Å². The monoisotopic (exact) mass is 221 g/mol. The molecule has 4 nitrogen and oxygen atoms in total. The van der Waals surface area contributed by atoms with Gasteiger partial charge in [0, 0.05) is 24.0 Å². The van der Waals surface area contributed by atoms with Crippen LogP contribution in [0.5, 0.6) is 0 Å². The molecule has 0 unspecified atom stereocenters. The van der Waals surface area contributed by atoms with Crippen LogP contribution in [-0.2, 0) is 0 Å². The quantitative estimate of drug-likeness (QED) is 0.635. The molecule has 0 fully saturated rings. The fourth-order valence-electron chi connectivity index (χ4n) is 0.629. The summed E-state index contributed by atoms with van der Waals surface area (Å²) in [6.07, 6.45) is 9.99. The molecule has 5 heteroatoms. The van der Waals surface area contributed by atoms with Crippen molar-refractivity contribution in [1.29, 1.82) is 0 Å². The fraction of sp³-hybridized carbons (Fsp3) is 0. The van der Waals surface area contributed by atoms with E-state index in [9.17, 15) is 0 Å². The minimum absolute atomic E-state index is 1.38. The summed E-state index contributed by atoms with van der Waals surface area (Å²) >= 11 is 1.46. The summed E-state index contributed by atoms with van der Waals surface area (Å²) < 4.78 is 8.24. The molecule has 0 aromatic carbocycles. The van der Waals surface area contributed by atoms with Gasteiger partial charge in [-0.1, -0.05) is 0 Å². The Bertz CT molecular complexity index is 253. The van der Waals surface area contributed by atoms with Gasteiger partial charge in [-0.05, 0) is 29.7 Å². The second-order valence-electron chi connectivity index (χ2n) is 2.25. The Kier molecular flexibility index (Phi) is 6.50. The first-order valence-electron chi connectivity index (χ1n) is 4.24. The Morgan fingerprint density at radius 2 is 1.93 bits per heavy atom. The summed E-state index contributed by atoms with van der Waals surface area (Å²) in [4.78, 5) is 6.42. The predicted octanol–water partition coefficient (Wildman–Crippen LogP) is 2.83. The summed E-state index contributed by atoms with van der Waals surface area (Å²) in [5, 5.41) is 1.93. The van der Waals surface area contributed by atoms with Crippen LogP contribution in [0.15, 0.2) is 65.4 Å². The molecular weight excluding hydrogens is 210 g/mol. The average molecular weight is 221 g/mol. The molecule has 0 spiro atoms. The third-order valence-electron chi connectivity index (χ3n) is 1.19. The summed E-state index contributed by atoms with van der Waals surface area (Å²) in [5.74, 6) is 0. The van der Waals surface area contributed by atoms with Gasteiger partial charge in [0.15, 0.2) is 6.39 Å². The van der Waals surface area contributed by atoms with Crippen molar-refractivity contribution < 1.29 is 4.42 Å². The minimum Gasteiger partial charge on any atom is -0.452 e. The number of aromatic nitrogens is 3. The second kappa shape index (κ2) is 8.71. The predicted molar refractivity (Wildman–Crippen MR) is 59.4 cm³/mol. The molecule has 0 radical (unpaired) electrons. The van der Waals surface area contributed by atoms with Crippen molar-refractivity contribution in [3.8, 4) is 0 Å². The Labute approximate surface area is 91.8 Å². The van der Waals surface area contributed by atoms with Gasteiger partial charge >= 0.3 is 0 Å². The van der Waals surface area contributed by atoms with Gasteiger partial charge in [0.25, 0.3) is 0 Å². The van der Waals surface area contributed by atoms with Crippen LogP contribution in [0.4, 0.5) is 0 Å². The van der Waals surface area contributed by atoms with Crippen LogP contribution < -0.4 is 0 Å². The van der Waals surface area contributed by atoms with E-state index in [4.69, 9.17) is 0 Å². The summed E-state index contributed by atoms with van der Waals surface area (Å²) in [6.45, 7) is 0. The first kappa shape index (κ1) is 11.2. The maximum Gasteiger partial charge on any atom is 0.180 e. The average Bonchev–Trinajstić information content (AvgIpc) is 3.09. The third-order valence-corrected chi connectivity index (χ3v) is 1.71. The number of H-pyrrole nitrogens is 1. The summed E-state index contributed by atoms with van der Waals surface area (Å²) in [6, 6.07) is 5.80. The van der Waals surface area contributed by atoms with Gasteiger partial charge in [0.2, 0.25) is 0 Å². The molecule has 3 aromatic rings. The van der Waals surface area contributed by atoms with E-state index in [2.05, 4.69) is 18.8 Å². The van der Waals surface area contributed by atoms with Crippen LogP contribution in [0.25, 0.3) is 0 Å². The molecule has 1 N–H and O–H groups in total. The van der Waals surface area contributed by atoms with E-state index in [1.165, 1.54) is 24.2 Å². The lowest BCUT2D eigenvalue weighted by Crippen LogP contribution is -1.38. The maximum atomic E-state index is 4.47. The van der Waals surface area contributed by atoms with Crippen molar-refractivity contribution in [3.05, 3.63) is 61.0 Å². The number of rotatable bonds is 0. The van der Waals surface area contributed by atoms with Crippen molar-refractivity contribution in [2.45, 2.75) is 0 Å². The Balaban J connectivity index is 0.000000112. The summed E-state index contributed by atoms with van der Waals surface area (Å²) in [5.41, 5.74) is 0. The van der Waals surface area contributed by atoms with Gasteiger partial charge in [-0.2, -0.15) is 0 Å². The standard InChI is InChI=1S/C4H5N.C3H3NO.C3H3NS/c1-2-4-5-3-1;1-2-5-3-4-1;1-2-4-5-3-1/h1-5H;2*1-3H. The SMILES string of the molecule is c1cc[nH]c1.c1cnsc1.c1cocn1. The highest BCUT2D eigenvalue weighted by Gasteiger charge is 1.60. The fourth-order valence-corrected chi connectivity index (χ4v) is 0.981. The molecule has 15 heavy (non-hydrogen) atoms. The largest absolute Gasteiger partial charge is 0.452 e. The van der Waals surface area contributed by atoms with Gasteiger partial charge in [-0.25, -0.2) is 9.36 Å². The first-order valence-corrected chi connectivity index (χ1v) is 5.08. The number of aromatic amines is 1. The molecule has 0 bridgehead atoms. The van der Waals surface area contributed by atoms with Crippen molar-refractivity contribution >= 4 is 11.5 Å². The molecule has 3 heterocycles. The Hall–Kier alpha value is -1.88. The zero-order chi connectivity index (χ0) is 10.6. The lowest BCUT2D eigenvalue weighted by molar-refractivity contribution is 0.558. The topological polar surface area (TPSA) is 54.7 Å². The second-order valence-corrected chi connectivity index (χ2v) is 2.94. The third kappa shape index (κ3) is 7.21. The van der Waals surface area contributed by atoms with E-state index in [1.807, 2.05) is 36.0 Å². The molecule has 3 rings (SSSR count). The Morgan fingerprint density at radius 3 is 2.13 bits per heavy atom. The summed E-state index contributed by atoms with van der Waals surface area (Å²) in [7, 11) is 0. The number of nitrogens with zero attached hydrogens (tertiary/aromatic N) is 2. The molecule has 0 amide bonds. The molecule has 3 aromatic heterocycles. The van der Waals surface area contributed by atoms with Crippen molar-refractivity contribution in [2.24, 2.45) is 0 Å². The zero-order valence-corrected chi connectivity index (χ0v) is 8.80. The number of oxazole rings is 1. The molecule has 0 aliphatic rings. The van der Waals surface area contributed by atoms with E-state index in [-0.39, 0.29) is 0 Å². The number of nitrogens with one attached hydrogen (secondary N) is 1. The van der Waals surface area contributed by atoms with E-state index in [0.29, 0.717) is 0 Å². The van der Waals surface area contributed by atoms with Gasteiger partial charge in [0.05, 0.1) is 6.20 Å². The molecule has 0 aliphatic heterocycles. The van der Waals surface area contributed by atoms with E-state index >= 15 is 0 Å². The van der Waals surface area contributed by atoms with Crippen LogP contribution in [0, 0.1) is 0 Å². The smallest absolute Gasteiger partial charge is 0.180 e. The number of hydrogen-bond donors (Lipinski definition) is 1. The highest BCUT2D eigenvalue weighted by molar-refractivity contribution is 7.03. The lowest BCUT2D eigenvalue weighted by Gasteiger charge is -1.49. The minimum atomic E-state index is 1.38. The van der Waals surface area contributed by atoms with Crippen molar-refractivity contribution in [3.63, 3.8) is 0 Å². The zero-order valence-electron chi connectivity index (χ0n) is 7.98. The van der Waals surface area contributed by atoms with Gasteiger partial charge < -0.3 is 9.40 Å². The normalized spacial score (nSPS) is 8.00. The molecular formula is C10H11N3OS. The van der Waals surface area contributed by atoms with Crippen molar-refractivity contribution in [2.75, 3.05) is 0 Å². The molecule has 0 saturated heterocycles.